The second-order valence-electron chi connectivity index (χ2n) is 20.6. The van der Waals surface area contributed by atoms with Gasteiger partial charge in [-0.15, -0.1) is 0 Å². The average molecular weight is 1010 g/mol. The van der Waals surface area contributed by atoms with Crippen LogP contribution in [0.3, 0.4) is 0 Å². The van der Waals surface area contributed by atoms with Crippen LogP contribution < -0.4 is 5.73 Å². The van der Waals surface area contributed by atoms with Crippen LogP contribution in [0.5, 0.6) is 0 Å². The van der Waals surface area contributed by atoms with Gasteiger partial charge in [0.25, 0.3) is 0 Å². The van der Waals surface area contributed by atoms with E-state index < -0.39 is 26.5 Å². The van der Waals surface area contributed by atoms with Crippen LogP contribution in [0.2, 0.25) is 0 Å². The molecule has 414 valence electrons. The Labute approximate surface area is 433 Å². The van der Waals surface area contributed by atoms with E-state index in [1.807, 2.05) is 0 Å². The Morgan fingerprint density at radius 1 is 0.429 bits per heavy atom. The minimum Gasteiger partial charge on any atom is -0.462 e. The van der Waals surface area contributed by atoms with Crippen molar-refractivity contribution in [2.75, 3.05) is 26.4 Å². The van der Waals surface area contributed by atoms with Gasteiger partial charge in [0, 0.05) is 19.4 Å². The predicted molar refractivity (Wildman–Crippen MR) is 298 cm³/mol. The van der Waals surface area contributed by atoms with Gasteiger partial charge in [0.15, 0.2) is 6.10 Å². The molecule has 0 bridgehead atoms. The van der Waals surface area contributed by atoms with Gasteiger partial charge in [-0.2, -0.15) is 0 Å². The molecule has 0 aromatic heterocycles. The van der Waals surface area contributed by atoms with E-state index in [4.69, 9.17) is 24.3 Å². The van der Waals surface area contributed by atoms with Crippen molar-refractivity contribution in [2.45, 2.75) is 322 Å². The molecule has 0 rings (SSSR count). The molecule has 0 heterocycles. The zero-order chi connectivity index (χ0) is 51.0. The van der Waals surface area contributed by atoms with Crippen molar-refractivity contribution in [1.29, 1.82) is 0 Å². The van der Waals surface area contributed by atoms with Crippen LogP contribution in [-0.2, 0) is 32.7 Å². The quantitative estimate of drug-likeness (QED) is 0.0264. The van der Waals surface area contributed by atoms with Gasteiger partial charge in [-0.25, -0.2) is 4.57 Å². The summed E-state index contributed by atoms with van der Waals surface area (Å²) in [5.41, 5.74) is 5.37. The number of phosphoric ester groups is 1. The Hall–Kier alpha value is -1.51. The lowest BCUT2D eigenvalue weighted by Crippen LogP contribution is -2.29. The fourth-order valence-corrected chi connectivity index (χ4v) is 9.85. The number of rotatable bonds is 58. The van der Waals surface area contributed by atoms with Gasteiger partial charge in [-0.3, -0.25) is 18.6 Å². The third-order valence-corrected chi connectivity index (χ3v) is 14.6. The molecular formula is C60H116NO8P. The second kappa shape index (κ2) is 56.8. The highest BCUT2D eigenvalue weighted by molar-refractivity contribution is 7.47. The third-order valence-electron chi connectivity index (χ3n) is 13.6. The smallest absolute Gasteiger partial charge is 0.462 e. The van der Waals surface area contributed by atoms with Crippen LogP contribution in [0.15, 0.2) is 24.3 Å². The van der Waals surface area contributed by atoms with Gasteiger partial charge in [0.05, 0.1) is 13.2 Å². The van der Waals surface area contributed by atoms with Crippen molar-refractivity contribution in [3.8, 4) is 0 Å². The molecule has 70 heavy (non-hydrogen) atoms. The largest absolute Gasteiger partial charge is 0.472 e. The highest BCUT2D eigenvalue weighted by atomic mass is 31.2. The van der Waals surface area contributed by atoms with Crippen molar-refractivity contribution >= 4 is 19.8 Å². The summed E-state index contributed by atoms with van der Waals surface area (Å²) in [6, 6.07) is 0. The molecule has 0 radical (unpaired) electrons. The SMILES string of the molecule is CCCCCCC/C=C\C/C=C\CCCCCCCCCCCCCCCCCCCCCCCCCCCC(=O)OC(COC(=O)CCCCCCCCCCCCCC)COP(=O)(O)OCCN. The van der Waals surface area contributed by atoms with Crippen LogP contribution in [0.1, 0.15) is 316 Å². The lowest BCUT2D eigenvalue weighted by atomic mass is 10.0. The summed E-state index contributed by atoms with van der Waals surface area (Å²) in [6.45, 7) is 3.77. The number of nitrogens with two attached hydrogens (primary N) is 1. The molecule has 0 saturated carbocycles. The molecule has 0 aliphatic rings. The molecule has 0 aliphatic heterocycles. The van der Waals surface area contributed by atoms with Crippen molar-refractivity contribution < 1.29 is 37.6 Å². The van der Waals surface area contributed by atoms with Crippen LogP contribution >= 0.6 is 7.82 Å². The zero-order valence-corrected chi connectivity index (χ0v) is 47.2. The molecule has 0 fully saturated rings. The molecule has 9 nitrogen and oxygen atoms in total. The Balaban J connectivity index is 3.73. The van der Waals surface area contributed by atoms with E-state index in [1.54, 1.807) is 0 Å². The van der Waals surface area contributed by atoms with Crippen molar-refractivity contribution in [3.05, 3.63) is 24.3 Å². The molecule has 3 N–H and O–H groups in total. The highest BCUT2D eigenvalue weighted by Crippen LogP contribution is 2.43. The molecule has 0 amide bonds. The molecule has 10 heteroatoms. The van der Waals surface area contributed by atoms with Crippen molar-refractivity contribution in [3.63, 3.8) is 0 Å². The minimum absolute atomic E-state index is 0.0571. The Bertz CT molecular complexity index is 1200. The fraction of sp³-hybridized carbons (Fsp3) is 0.900. The van der Waals surface area contributed by atoms with E-state index in [9.17, 15) is 19.0 Å². The summed E-state index contributed by atoms with van der Waals surface area (Å²) < 4.78 is 33.0. The van der Waals surface area contributed by atoms with Gasteiger partial charge in [0.1, 0.15) is 6.61 Å². The number of unbranched alkanes of at least 4 members (excludes halogenated alkanes) is 41. The molecule has 2 unspecified atom stereocenters. The first-order valence-corrected chi connectivity index (χ1v) is 31.8. The Kier molecular flexibility index (Phi) is 55.6. The normalized spacial score (nSPS) is 13.1. The summed E-state index contributed by atoms with van der Waals surface area (Å²) in [5.74, 6) is -0.810. The van der Waals surface area contributed by atoms with Gasteiger partial charge in [0.2, 0.25) is 0 Å². The lowest BCUT2D eigenvalue weighted by Gasteiger charge is -2.19. The second-order valence-corrected chi connectivity index (χ2v) is 22.0. The summed E-state index contributed by atoms with van der Waals surface area (Å²) in [5, 5.41) is 0. The van der Waals surface area contributed by atoms with Crippen LogP contribution in [0, 0.1) is 0 Å². The Morgan fingerprint density at radius 2 is 0.743 bits per heavy atom. The number of carbonyl (C=O) groups excluding carboxylic acids is 2. The van der Waals surface area contributed by atoms with Crippen molar-refractivity contribution in [2.24, 2.45) is 5.73 Å². The van der Waals surface area contributed by atoms with E-state index >= 15 is 0 Å². The van der Waals surface area contributed by atoms with E-state index in [2.05, 4.69) is 38.2 Å². The lowest BCUT2D eigenvalue weighted by molar-refractivity contribution is -0.161. The number of hydrogen-bond acceptors (Lipinski definition) is 8. The highest BCUT2D eigenvalue weighted by Gasteiger charge is 2.26. The van der Waals surface area contributed by atoms with E-state index in [-0.39, 0.29) is 38.6 Å². The first-order valence-electron chi connectivity index (χ1n) is 30.3. The van der Waals surface area contributed by atoms with Gasteiger partial charge in [-0.1, -0.05) is 282 Å². The molecule has 0 saturated heterocycles. The Morgan fingerprint density at radius 3 is 1.09 bits per heavy atom. The van der Waals surface area contributed by atoms with Gasteiger partial charge < -0.3 is 20.1 Å². The number of allylic oxidation sites excluding steroid dienone is 4. The van der Waals surface area contributed by atoms with E-state index in [1.165, 1.54) is 244 Å². The fourth-order valence-electron chi connectivity index (χ4n) is 9.08. The maximum atomic E-state index is 12.7. The van der Waals surface area contributed by atoms with Gasteiger partial charge >= 0.3 is 19.8 Å². The van der Waals surface area contributed by atoms with Gasteiger partial charge in [-0.05, 0) is 44.9 Å². The number of hydrogen-bond donors (Lipinski definition) is 2. The molecule has 2 atom stereocenters. The van der Waals surface area contributed by atoms with Crippen molar-refractivity contribution in [1.82, 2.24) is 0 Å². The van der Waals surface area contributed by atoms with Crippen LogP contribution in [0.25, 0.3) is 0 Å². The number of esters is 2. The molecule has 0 aromatic carbocycles. The predicted octanol–water partition coefficient (Wildman–Crippen LogP) is 19.0. The topological polar surface area (TPSA) is 134 Å². The maximum absolute atomic E-state index is 12.7. The molecular weight excluding hydrogens is 894 g/mol. The molecule has 0 spiro atoms. The standard InChI is InChI=1S/C60H116NO8P/c1-3-5-7-9-11-13-15-17-18-19-20-21-22-23-24-25-26-27-28-29-30-31-32-33-34-35-36-37-38-39-40-41-43-45-47-49-51-53-60(63)69-58(57-68-70(64,65)67-55-54-61)56-66-59(62)52-50-48-46-44-42-16-14-12-10-8-6-4-2/h15,17,19-20,58H,3-14,16,18,21-57,61H2,1-2H3,(H,64,65)/b17-15-,20-19-. The zero-order valence-electron chi connectivity index (χ0n) is 46.3. The first kappa shape index (κ1) is 68.5. The number of carbonyl (C=O) groups is 2. The minimum atomic E-state index is -4.38. The summed E-state index contributed by atoms with van der Waals surface area (Å²) in [7, 11) is -4.38. The summed E-state index contributed by atoms with van der Waals surface area (Å²) in [4.78, 5) is 35.1. The number of ether oxygens (including phenoxy) is 2. The molecule has 0 aromatic rings. The van der Waals surface area contributed by atoms with Crippen LogP contribution in [-0.4, -0.2) is 49.3 Å². The monoisotopic (exact) mass is 1010 g/mol. The first-order chi connectivity index (χ1) is 34.3. The average Bonchev–Trinajstić information content (AvgIpc) is 3.35. The van der Waals surface area contributed by atoms with E-state index in [0.717, 1.165) is 38.5 Å². The maximum Gasteiger partial charge on any atom is 0.472 e. The summed E-state index contributed by atoms with van der Waals surface area (Å²) in [6.07, 6.45) is 67.0. The van der Waals surface area contributed by atoms with E-state index in [0.29, 0.717) is 6.42 Å². The third kappa shape index (κ3) is 55.8. The number of phosphoric acid groups is 1. The molecule has 0 aliphatic carbocycles. The summed E-state index contributed by atoms with van der Waals surface area (Å²) >= 11 is 0. The van der Waals surface area contributed by atoms with Crippen LogP contribution in [0.4, 0.5) is 0 Å².